The molecular formula is C19H24FN3O4S. The lowest BCUT2D eigenvalue weighted by molar-refractivity contribution is -0.127. The third-order valence-corrected chi connectivity index (χ3v) is 6.42. The first-order valence-corrected chi connectivity index (χ1v) is 10.2. The van der Waals surface area contributed by atoms with E-state index in [9.17, 15) is 22.4 Å². The Morgan fingerprint density at radius 2 is 1.86 bits per heavy atom. The molecule has 0 saturated carbocycles. The van der Waals surface area contributed by atoms with E-state index in [1.807, 2.05) is 0 Å². The molecular weight excluding hydrogens is 385 g/mol. The van der Waals surface area contributed by atoms with Crippen molar-refractivity contribution in [3.8, 4) is 0 Å². The van der Waals surface area contributed by atoms with E-state index in [0.29, 0.717) is 11.3 Å². The predicted molar refractivity (Wildman–Crippen MR) is 104 cm³/mol. The molecule has 0 atom stereocenters. The molecule has 1 heterocycles. The van der Waals surface area contributed by atoms with Gasteiger partial charge in [0, 0.05) is 26.0 Å². The Bertz CT molecular complexity index is 1030. The molecule has 9 heteroatoms. The zero-order valence-electron chi connectivity index (χ0n) is 16.5. The standard InChI is InChI=1S/C19H24FN3O4S/c1-12-8-13(6-7-15(12)20)22-17(24)16-9-14(10-23(16)5)28(26,27)11-19(2,3)18(25)21-4/h6-10H,11H2,1-5H3,(H,21,25)(H,22,24). The lowest BCUT2D eigenvalue weighted by Gasteiger charge is -2.21. The summed E-state index contributed by atoms with van der Waals surface area (Å²) in [4.78, 5) is 24.4. The van der Waals surface area contributed by atoms with Crippen molar-refractivity contribution < 1.29 is 22.4 Å². The second kappa shape index (κ2) is 7.75. The maximum Gasteiger partial charge on any atom is 0.272 e. The van der Waals surface area contributed by atoms with Gasteiger partial charge in [-0.25, -0.2) is 12.8 Å². The lowest BCUT2D eigenvalue weighted by atomic mass is 9.95. The van der Waals surface area contributed by atoms with Crippen LogP contribution in [0.5, 0.6) is 0 Å². The number of nitrogens with zero attached hydrogens (tertiary/aromatic N) is 1. The molecule has 0 spiro atoms. The molecule has 0 aliphatic heterocycles. The van der Waals surface area contributed by atoms with E-state index in [1.54, 1.807) is 14.0 Å². The molecule has 7 nitrogen and oxygen atoms in total. The predicted octanol–water partition coefficient (Wildman–Crippen LogP) is 2.27. The van der Waals surface area contributed by atoms with Gasteiger partial charge in [0.05, 0.1) is 16.1 Å². The number of hydrogen-bond donors (Lipinski definition) is 2. The van der Waals surface area contributed by atoms with Gasteiger partial charge < -0.3 is 15.2 Å². The highest BCUT2D eigenvalue weighted by Crippen LogP contribution is 2.25. The Morgan fingerprint density at radius 3 is 2.43 bits per heavy atom. The van der Waals surface area contributed by atoms with Gasteiger partial charge in [-0.05, 0) is 36.8 Å². The number of carbonyl (C=O) groups is 2. The van der Waals surface area contributed by atoms with Crippen LogP contribution in [0.3, 0.4) is 0 Å². The quantitative estimate of drug-likeness (QED) is 0.765. The molecule has 2 N–H and O–H groups in total. The molecule has 0 saturated heterocycles. The van der Waals surface area contributed by atoms with Crippen LogP contribution >= 0.6 is 0 Å². The van der Waals surface area contributed by atoms with Crippen LogP contribution in [0.4, 0.5) is 10.1 Å². The van der Waals surface area contributed by atoms with Gasteiger partial charge in [0.15, 0.2) is 9.84 Å². The zero-order valence-corrected chi connectivity index (χ0v) is 17.3. The van der Waals surface area contributed by atoms with Crippen LogP contribution in [-0.2, 0) is 21.7 Å². The summed E-state index contributed by atoms with van der Waals surface area (Å²) >= 11 is 0. The number of hydrogen-bond acceptors (Lipinski definition) is 4. The van der Waals surface area contributed by atoms with Gasteiger partial charge in [0.2, 0.25) is 5.91 Å². The average Bonchev–Trinajstić information content (AvgIpc) is 2.99. The van der Waals surface area contributed by atoms with Crippen molar-refractivity contribution >= 4 is 27.3 Å². The smallest absolute Gasteiger partial charge is 0.272 e. The summed E-state index contributed by atoms with van der Waals surface area (Å²) in [7, 11) is -0.812. The Hall–Kier alpha value is -2.68. The minimum Gasteiger partial charge on any atom is -0.359 e. The van der Waals surface area contributed by atoms with Crippen molar-refractivity contribution in [3.05, 3.63) is 47.5 Å². The number of benzene rings is 1. The van der Waals surface area contributed by atoms with Crippen LogP contribution in [0, 0.1) is 18.2 Å². The highest BCUT2D eigenvalue weighted by Gasteiger charge is 2.34. The molecule has 0 aliphatic rings. The van der Waals surface area contributed by atoms with Crippen LogP contribution in [0.2, 0.25) is 0 Å². The minimum absolute atomic E-state index is 0.0487. The number of nitrogens with one attached hydrogen (secondary N) is 2. The molecule has 152 valence electrons. The average molecular weight is 409 g/mol. The van der Waals surface area contributed by atoms with E-state index in [1.165, 1.54) is 55.9 Å². The number of anilines is 1. The normalized spacial score (nSPS) is 11.9. The molecule has 0 aliphatic carbocycles. The Labute approximate surface area is 163 Å². The summed E-state index contributed by atoms with van der Waals surface area (Å²) in [6, 6.07) is 5.42. The highest BCUT2D eigenvalue weighted by molar-refractivity contribution is 7.91. The fourth-order valence-electron chi connectivity index (χ4n) is 2.81. The Kier molecular flexibility index (Phi) is 5.98. The molecule has 0 unspecified atom stereocenters. The summed E-state index contributed by atoms with van der Waals surface area (Å²) < 4.78 is 40.2. The van der Waals surface area contributed by atoms with Crippen LogP contribution in [0.25, 0.3) is 0 Å². The number of sulfone groups is 1. The number of carbonyl (C=O) groups excluding carboxylic acids is 2. The molecule has 2 amide bonds. The van der Waals surface area contributed by atoms with Crippen LogP contribution in [0.15, 0.2) is 35.4 Å². The molecule has 0 fully saturated rings. The molecule has 1 aromatic carbocycles. The first kappa shape index (κ1) is 21.6. The fourth-order valence-corrected chi connectivity index (χ4v) is 4.67. The van der Waals surface area contributed by atoms with Gasteiger partial charge in [0.25, 0.3) is 5.91 Å². The summed E-state index contributed by atoms with van der Waals surface area (Å²) in [6.45, 7) is 4.65. The molecule has 2 aromatic rings. The molecule has 28 heavy (non-hydrogen) atoms. The third-order valence-electron chi connectivity index (χ3n) is 4.38. The fraction of sp³-hybridized carbons (Fsp3) is 0.368. The van der Waals surface area contributed by atoms with E-state index < -0.39 is 32.8 Å². The van der Waals surface area contributed by atoms with Gasteiger partial charge in [-0.15, -0.1) is 0 Å². The van der Waals surface area contributed by atoms with Gasteiger partial charge in [-0.1, -0.05) is 13.8 Å². The van der Waals surface area contributed by atoms with Crippen molar-refractivity contribution in [2.45, 2.75) is 25.7 Å². The topological polar surface area (TPSA) is 97.3 Å². The molecule has 0 bridgehead atoms. The van der Waals surface area contributed by atoms with Crippen molar-refractivity contribution in [1.29, 1.82) is 0 Å². The molecule has 2 rings (SSSR count). The first-order chi connectivity index (χ1) is 12.9. The zero-order chi connectivity index (χ0) is 21.3. The van der Waals surface area contributed by atoms with E-state index >= 15 is 0 Å². The Balaban J connectivity index is 2.27. The maximum absolute atomic E-state index is 13.4. The van der Waals surface area contributed by atoms with E-state index in [0.717, 1.165) is 0 Å². The minimum atomic E-state index is -3.80. The van der Waals surface area contributed by atoms with E-state index in [4.69, 9.17) is 0 Å². The van der Waals surface area contributed by atoms with Crippen molar-refractivity contribution in [2.24, 2.45) is 12.5 Å². The maximum atomic E-state index is 13.4. The molecule has 0 radical (unpaired) electrons. The monoisotopic (exact) mass is 409 g/mol. The number of rotatable bonds is 6. The number of aromatic nitrogens is 1. The van der Waals surface area contributed by atoms with Crippen molar-refractivity contribution in [1.82, 2.24) is 9.88 Å². The van der Waals surface area contributed by atoms with Gasteiger partial charge in [-0.3, -0.25) is 9.59 Å². The van der Waals surface area contributed by atoms with Crippen LogP contribution < -0.4 is 10.6 Å². The second-order valence-electron chi connectivity index (χ2n) is 7.31. The summed E-state index contributed by atoms with van der Waals surface area (Å²) in [5, 5.41) is 5.07. The summed E-state index contributed by atoms with van der Waals surface area (Å²) in [5.41, 5.74) is -0.227. The van der Waals surface area contributed by atoms with Gasteiger partial charge >= 0.3 is 0 Å². The largest absolute Gasteiger partial charge is 0.359 e. The van der Waals surface area contributed by atoms with Crippen molar-refractivity contribution in [2.75, 3.05) is 18.1 Å². The van der Waals surface area contributed by atoms with Crippen LogP contribution in [0.1, 0.15) is 29.9 Å². The highest BCUT2D eigenvalue weighted by atomic mass is 32.2. The van der Waals surface area contributed by atoms with Gasteiger partial charge in [0.1, 0.15) is 11.5 Å². The summed E-state index contributed by atoms with van der Waals surface area (Å²) in [5.74, 6) is -1.71. The van der Waals surface area contributed by atoms with E-state index in [2.05, 4.69) is 10.6 Å². The van der Waals surface area contributed by atoms with Gasteiger partial charge in [-0.2, -0.15) is 0 Å². The second-order valence-corrected chi connectivity index (χ2v) is 9.30. The van der Waals surface area contributed by atoms with Crippen LogP contribution in [-0.4, -0.2) is 37.6 Å². The van der Waals surface area contributed by atoms with Crippen molar-refractivity contribution in [3.63, 3.8) is 0 Å². The van der Waals surface area contributed by atoms with E-state index in [-0.39, 0.29) is 16.4 Å². The Morgan fingerprint density at radius 1 is 1.21 bits per heavy atom. The summed E-state index contributed by atoms with van der Waals surface area (Å²) in [6.07, 6.45) is 1.33. The number of amides is 2. The lowest BCUT2D eigenvalue weighted by Crippen LogP contribution is -2.39. The first-order valence-electron chi connectivity index (χ1n) is 8.56. The SMILES string of the molecule is CNC(=O)C(C)(C)CS(=O)(=O)c1cc(C(=O)Nc2ccc(F)c(C)c2)n(C)c1. The number of aryl methyl sites for hydroxylation is 2. The molecule has 1 aromatic heterocycles. The number of halogens is 1. The third kappa shape index (κ3) is 4.59.